The van der Waals surface area contributed by atoms with E-state index in [2.05, 4.69) is 15.3 Å². The molecule has 1 heterocycles. The zero-order chi connectivity index (χ0) is 11.5. The van der Waals surface area contributed by atoms with Crippen molar-refractivity contribution in [2.45, 2.75) is 6.92 Å². The molecule has 0 fully saturated rings. The van der Waals surface area contributed by atoms with Crippen LogP contribution in [0.25, 0.3) is 10.9 Å². The van der Waals surface area contributed by atoms with Crippen molar-refractivity contribution in [2.24, 2.45) is 5.16 Å². The Morgan fingerprint density at radius 2 is 2.40 bits per heavy atom. The number of benzene rings is 1. The largest absolute Gasteiger partial charge is 0.411 e. The quantitative estimate of drug-likeness (QED) is 0.367. The molecule has 4 heteroatoms. The van der Waals surface area contributed by atoms with E-state index in [-0.39, 0.29) is 0 Å². The smallest absolute Gasteiger partial charge is 0.330 e. The number of hydrogen-bond donors (Lipinski definition) is 1. The predicted molar refractivity (Wildman–Crippen MR) is 60.9 cm³/mol. The van der Waals surface area contributed by atoms with Crippen LogP contribution in [0.4, 0.5) is 0 Å². The van der Waals surface area contributed by atoms with Crippen LogP contribution in [0.15, 0.2) is 29.4 Å². The summed E-state index contributed by atoms with van der Waals surface area (Å²) in [5, 5.41) is 8.55. The fourth-order valence-corrected chi connectivity index (χ4v) is 1.63. The minimum Gasteiger partial charge on any atom is -0.411 e. The van der Waals surface area contributed by atoms with Gasteiger partial charge in [0, 0.05) is 10.9 Å². The summed E-state index contributed by atoms with van der Waals surface area (Å²) in [4.78, 5) is 4.23. The summed E-state index contributed by atoms with van der Waals surface area (Å²) < 4.78 is 6.46. The van der Waals surface area contributed by atoms with E-state index in [4.69, 9.17) is 13.0 Å². The molecule has 0 spiro atoms. The van der Waals surface area contributed by atoms with Crippen molar-refractivity contribution in [3.63, 3.8) is 0 Å². The van der Waals surface area contributed by atoms with Crippen LogP contribution in [0, 0.1) is 6.92 Å². The molecule has 2 rings (SSSR count). The Morgan fingerprint density at radius 3 is 3.20 bits per heavy atom. The molecule has 1 aromatic heterocycles. The number of hydrogen-bond acceptors (Lipinski definition) is 3. The van der Waals surface area contributed by atoms with Crippen LogP contribution < -0.4 is 0 Å². The van der Waals surface area contributed by atoms with Crippen LogP contribution in [-0.2, 0) is 0 Å². The maximum absolute atomic E-state index is 6.46. The lowest BCUT2D eigenvalue weighted by Gasteiger charge is -2.02. The fourth-order valence-electron chi connectivity index (χ4n) is 1.44. The summed E-state index contributed by atoms with van der Waals surface area (Å²) in [5.41, 5.74) is 2.61. The second kappa shape index (κ2) is 3.87. The third-order valence-electron chi connectivity index (χ3n) is 2.14. The van der Waals surface area contributed by atoms with Crippen molar-refractivity contribution in [1.82, 2.24) is 4.98 Å². The van der Waals surface area contributed by atoms with Crippen LogP contribution in [0.5, 0.6) is 0 Å². The fraction of sp³-hybridized carbons (Fsp3) is 0.0909. The van der Waals surface area contributed by atoms with Gasteiger partial charge in [0.15, 0.2) is 0 Å². The summed E-state index contributed by atoms with van der Waals surface area (Å²) in [7, 11) is 0. The van der Waals surface area contributed by atoms with E-state index in [1.165, 1.54) is 6.21 Å². The van der Waals surface area contributed by atoms with E-state index in [0.29, 0.717) is 10.7 Å². The van der Waals surface area contributed by atoms with Gasteiger partial charge < -0.3 is 5.21 Å². The first-order valence-corrected chi connectivity index (χ1v) is 4.81. The monoisotopic (exact) mass is 221 g/mol. The lowest BCUT2D eigenvalue weighted by atomic mass is 10.1. The summed E-state index contributed by atoms with van der Waals surface area (Å²) in [5.74, 6) is 0. The third kappa shape index (κ3) is 1.92. The normalized spacial score (nSPS) is 12.0. The summed E-state index contributed by atoms with van der Waals surface area (Å²) >= 11 is 5.96. The van der Waals surface area contributed by atoms with Crippen molar-refractivity contribution in [3.05, 3.63) is 40.5 Å². The van der Waals surface area contributed by atoms with Crippen LogP contribution in [0.1, 0.15) is 11.1 Å². The Labute approximate surface area is 93.5 Å². The molecular weight excluding hydrogens is 212 g/mol. The minimum atomic E-state index is 0.345. The highest BCUT2D eigenvalue weighted by Crippen LogP contribution is 2.20. The van der Waals surface area contributed by atoms with Gasteiger partial charge in [0.05, 0.1) is 11.7 Å². The van der Waals surface area contributed by atoms with E-state index in [1.54, 1.807) is 0 Å². The average molecular weight is 222 g/mol. The summed E-state index contributed by atoms with van der Waals surface area (Å²) in [6.45, 7) is 2.01. The molecule has 0 aliphatic rings. The highest BCUT2D eigenvalue weighted by atomic mass is 35.5. The molecule has 3 nitrogen and oxygen atoms in total. The molecule has 0 aliphatic carbocycles. The average Bonchev–Trinajstić information content (AvgIpc) is 2.27. The third-order valence-corrected chi connectivity index (χ3v) is 2.45. The maximum Gasteiger partial charge on any atom is 0.330 e. The lowest BCUT2D eigenvalue weighted by molar-refractivity contribution is 0.322. The van der Waals surface area contributed by atoms with Gasteiger partial charge in [0.1, 0.15) is 5.15 Å². The molecule has 0 saturated carbocycles. The van der Waals surface area contributed by atoms with Gasteiger partial charge in [-0.3, -0.25) is 0 Å². The topological polar surface area (TPSA) is 45.5 Å². The molecule has 0 saturated heterocycles. The molecule has 0 amide bonds. The number of aryl methyl sites for hydroxylation is 1. The van der Waals surface area contributed by atoms with Gasteiger partial charge in [-0.1, -0.05) is 28.4 Å². The van der Waals surface area contributed by atoms with Crippen molar-refractivity contribution in [2.75, 3.05) is 0 Å². The molecule has 0 aliphatic heterocycles. The van der Waals surface area contributed by atoms with Gasteiger partial charge in [0.2, 0.25) is 0 Å². The van der Waals surface area contributed by atoms with Gasteiger partial charge in [-0.2, -0.15) is 0 Å². The minimum absolute atomic E-state index is 0.345. The standard InChI is InChI=1S/C11H9ClN2O/c1-7-2-3-10-8(4-7)5-9(6-13-15)11(12)14-10/h2-6,15H,1H3/i/hD. The SMILES string of the molecule is [2H]ON=Cc1cc2cc(C)ccc2nc1Cl. The molecule has 2 aromatic rings. The summed E-state index contributed by atoms with van der Waals surface area (Å²) in [6.07, 6.45) is 1.37. The van der Waals surface area contributed by atoms with E-state index < -0.39 is 0 Å². The first kappa shape index (κ1) is 8.68. The van der Waals surface area contributed by atoms with Gasteiger partial charge in [0.25, 0.3) is 0 Å². The van der Waals surface area contributed by atoms with Crippen molar-refractivity contribution in [3.8, 4) is 0 Å². The predicted octanol–water partition coefficient (Wildman–Crippen LogP) is 3.00. The van der Waals surface area contributed by atoms with E-state index in [1.807, 2.05) is 31.2 Å². The zero-order valence-electron chi connectivity index (χ0n) is 9.07. The Morgan fingerprint density at radius 1 is 1.53 bits per heavy atom. The number of nitrogens with zero attached hydrogens (tertiary/aromatic N) is 2. The molecule has 0 bridgehead atoms. The first-order valence-electron chi connectivity index (χ1n) is 4.84. The van der Waals surface area contributed by atoms with Crippen LogP contribution in [0.3, 0.4) is 0 Å². The zero-order valence-corrected chi connectivity index (χ0v) is 8.82. The van der Waals surface area contributed by atoms with Crippen LogP contribution in [-0.4, -0.2) is 16.4 Å². The van der Waals surface area contributed by atoms with Gasteiger partial charge in [-0.25, -0.2) is 4.98 Å². The highest BCUT2D eigenvalue weighted by molar-refractivity contribution is 6.32. The lowest BCUT2D eigenvalue weighted by Crippen LogP contribution is -1.89. The van der Waals surface area contributed by atoms with E-state index >= 15 is 0 Å². The molecular formula is C11H9ClN2O. The van der Waals surface area contributed by atoms with Crippen molar-refractivity contribution in [1.29, 1.82) is 0 Å². The Kier molecular flexibility index (Phi) is 2.24. The number of pyridine rings is 1. The second-order valence-electron chi connectivity index (χ2n) is 3.30. The molecule has 76 valence electrons. The Hall–Kier alpha value is -1.61. The molecule has 1 N–H and O–H groups in total. The van der Waals surface area contributed by atoms with E-state index in [0.717, 1.165) is 16.5 Å². The number of rotatable bonds is 2. The van der Waals surface area contributed by atoms with Gasteiger partial charge in [-0.05, 0) is 25.1 Å². The number of fused-ring (bicyclic) bond motifs is 1. The molecule has 0 atom stereocenters. The van der Waals surface area contributed by atoms with E-state index in [9.17, 15) is 0 Å². The Bertz CT molecular complexity index is 557. The molecule has 0 radical (unpaired) electrons. The number of aromatic nitrogens is 1. The molecule has 1 aromatic carbocycles. The second-order valence-corrected chi connectivity index (χ2v) is 3.66. The number of oxime groups is 1. The first-order chi connectivity index (χ1) is 7.70. The number of halogens is 1. The van der Waals surface area contributed by atoms with Gasteiger partial charge >= 0.3 is 1.43 Å². The van der Waals surface area contributed by atoms with Crippen molar-refractivity contribution >= 4 is 28.7 Å². The molecule has 15 heavy (non-hydrogen) atoms. The van der Waals surface area contributed by atoms with Crippen LogP contribution >= 0.6 is 11.6 Å². The molecule has 0 unspecified atom stereocenters. The Balaban J connectivity index is 2.59. The van der Waals surface area contributed by atoms with Crippen molar-refractivity contribution < 1.29 is 6.64 Å². The summed E-state index contributed by atoms with van der Waals surface area (Å²) in [6, 6.07) is 7.77. The maximum atomic E-state index is 6.46. The van der Waals surface area contributed by atoms with Gasteiger partial charge in [-0.15, -0.1) is 0 Å². The van der Waals surface area contributed by atoms with Crippen LogP contribution in [0.2, 0.25) is 6.58 Å². The highest BCUT2D eigenvalue weighted by Gasteiger charge is 2.03.